The molecule has 1 amide bonds. The summed E-state index contributed by atoms with van der Waals surface area (Å²) in [6.45, 7) is 5.98. The zero-order chi connectivity index (χ0) is 35.6. The van der Waals surface area contributed by atoms with E-state index < -0.39 is 40.5 Å². The number of aliphatic hydroxyl groups is 2. The third-order valence-electron chi connectivity index (χ3n) is 11.7. The largest absolute Gasteiger partial charge is 0.478 e. The Hall–Kier alpha value is -4.63. The maximum atomic E-state index is 13.2. The van der Waals surface area contributed by atoms with Gasteiger partial charge in [0.2, 0.25) is 11.9 Å². The molecule has 2 saturated carbocycles. The molecule has 1 spiro atoms. The van der Waals surface area contributed by atoms with Crippen molar-refractivity contribution < 1.29 is 39.2 Å². The summed E-state index contributed by atoms with van der Waals surface area (Å²) in [6, 6.07) is 4.09. The number of cyclic esters (lactones) is 1. The van der Waals surface area contributed by atoms with Crippen LogP contribution in [0.15, 0.2) is 66.5 Å². The lowest BCUT2D eigenvalue weighted by molar-refractivity contribution is -0.174. The molecule has 3 fully saturated rings. The maximum Gasteiger partial charge on any atom is 0.343 e. The van der Waals surface area contributed by atoms with Gasteiger partial charge >= 0.3 is 11.9 Å². The van der Waals surface area contributed by atoms with Gasteiger partial charge in [-0.2, -0.15) is 0 Å². The molecule has 0 bridgehead atoms. The van der Waals surface area contributed by atoms with E-state index in [1.54, 1.807) is 49.9 Å². The van der Waals surface area contributed by atoms with Gasteiger partial charge in [-0.05, 0) is 61.3 Å². The van der Waals surface area contributed by atoms with Crippen molar-refractivity contribution in [1.29, 1.82) is 0 Å². The molecular formula is C36H42N6O8. The van der Waals surface area contributed by atoms with Crippen LogP contribution in [0, 0.1) is 22.7 Å². The van der Waals surface area contributed by atoms with Gasteiger partial charge in [0.1, 0.15) is 16.9 Å². The van der Waals surface area contributed by atoms with Crippen LogP contribution >= 0.6 is 0 Å². The molecule has 8 atom stereocenters. The van der Waals surface area contributed by atoms with Gasteiger partial charge in [-0.3, -0.25) is 10.1 Å². The van der Waals surface area contributed by atoms with Gasteiger partial charge < -0.3 is 39.7 Å². The van der Waals surface area contributed by atoms with E-state index in [2.05, 4.69) is 32.5 Å². The first-order chi connectivity index (χ1) is 23.8. The van der Waals surface area contributed by atoms with Gasteiger partial charge in [-0.15, -0.1) is 0 Å². The number of nitrogens with zero attached hydrogens (tertiary/aromatic N) is 3. The van der Waals surface area contributed by atoms with Crippen LogP contribution in [0.2, 0.25) is 0 Å². The Bertz CT molecular complexity index is 1940. The Kier molecular flexibility index (Phi) is 8.33. The van der Waals surface area contributed by atoms with Crippen LogP contribution in [-0.2, 0) is 30.9 Å². The number of epoxide rings is 1. The number of carboxylic acid groups (broad SMARTS) is 1. The molecular weight excluding hydrogens is 644 g/mol. The number of carbonyl (C=O) groups excluding carboxylic acids is 2. The average molecular weight is 687 g/mol. The number of aromatic nitrogens is 4. The molecule has 14 nitrogen and oxygen atoms in total. The summed E-state index contributed by atoms with van der Waals surface area (Å²) in [7, 11) is 1.84. The molecule has 4 heterocycles. The monoisotopic (exact) mass is 686 g/mol. The van der Waals surface area contributed by atoms with E-state index in [4.69, 9.17) is 9.47 Å². The molecule has 14 heteroatoms. The summed E-state index contributed by atoms with van der Waals surface area (Å²) >= 11 is 0. The molecule has 1 aromatic carbocycles. The smallest absolute Gasteiger partial charge is 0.343 e. The number of ether oxygens (including phenoxy) is 2. The number of aliphatic hydroxyl groups excluding tert-OH is 2. The zero-order valence-corrected chi connectivity index (χ0v) is 28.3. The van der Waals surface area contributed by atoms with E-state index in [-0.39, 0.29) is 47.3 Å². The highest BCUT2D eigenvalue weighted by Gasteiger charge is 2.70. The number of aryl methyl sites for hydroxylation is 1. The van der Waals surface area contributed by atoms with E-state index in [9.17, 15) is 29.7 Å². The summed E-state index contributed by atoms with van der Waals surface area (Å²) in [6.07, 6.45) is 10.7. The molecule has 7 rings (SSSR count). The number of amides is 1. The standard InChI is InChI=1S/C36H42N6O8/c1-19(30(45)41-33-37-11-12-38-33)40-27-15-26-34(2,10-9-28(44)35(26,3)16-43)25(36(27)17-49-36)8-6-21-14-24(50-32(21)48)29(31(46)47)20-5-7-23-22(13-20)39-18-42(23)4/h5-8,11-14,18-19,25-28,40,43-44H,9-10,15-17H2,1-4H3,(H,46,47)(H2,37,38,41,45)/b8-6+,29-24-/t19?,25?,26?,27?,28-,34-,35+,36?/m1/s1. The number of fused-ring (bicyclic) bond motifs is 2. The molecule has 6 N–H and O–H groups in total. The summed E-state index contributed by atoms with van der Waals surface area (Å²) in [5, 5.41) is 38.3. The molecule has 264 valence electrons. The quantitative estimate of drug-likeness (QED) is 0.110. The van der Waals surface area contributed by atoms with Crippen molar-refractivity contribution >= 4 is 40.4 Å². The number of hydrogen-bond donors (Lipinski definition) is 6. The fourth-order valence-electron chi connectivity index (χ4n) is 8.76. The minimum absolute atomic E-state index is 0.0767. The topological polar surface area (TPSA) is 204 Å². The highest BCUT2D eigenvalue weighted by molar-refractivity contribution is 6.18. The molecule has 2 aliphatic carbocycles. The van der Waals surface area contributed by atoms with Crippen LogP contribution in [0.5, 0.6) is 0 Å². The summed E-state index contributed by atoms with van der Waals surface area (Å²) in [5.74, 6) is -2.47. The molecule has 2 aliphatic heterocycles. The lowest BCUT2D eigenvalue weighted by Gasteiger charge is -2.62. The van der Waals surface area contributed by atoms with Crippen LogP contribution in [-0.4, -0.2) is 89.7 Å². The summed E-state index contributed by atoms with van der Waals surface area (Å²) < 4.78 is 13.7. The number of imidazole rings is 2. The number of rotatable bonds is 9. The van der Waals surface area contributed by atoms with Crippen molar-refractivity contribution in [2.75, 3.05) is 18.5 Å². The minimum Gasteiger partial charge on any atom is -0.478 e. The van der Waals surface area contributed by atoms with Gasteiger partial charge in [-0.1, -0.05) is 32.1 Å². The van der Waals surface area contributed by atoms with Crippen LogP contribution in [0.3, 0.4) is 0 Å². The third-order valence-corrected chi connectivity index (χ3v) is 11.7. The van der Waals surface area contributed by atoms with Gasteiger partial charge in [0.25, 0.3) is 0 Å². The second-order valence-corrected chi connectivity index (χ2v) is 14.6. The number of aromatic amines is 1. The van der Waals surface area contributed by atoms with Crippen LogP contribution < -0.4 is 10.6 Å². The number of esters is 1. The first-order valence-corrected chi connectivity index (χ1v) is 16.8. The predicted molar refractivity (Wildman–Crippen MR) is 181 cm³/mol. The fraction of sp³-hybridized carbons (Fsp3) is 0.472. The highest BCUT2D eigenvalue weighted by atomic mass is 16.6. The van der Waals surface area contributed by atoms with Gasteiger partial charge in [0.15, 0.2) is 0 Å². The Morgan fingerprint density at radius 3 is 2.72 bits per heavy atom. The zero-order valence-electron chi connectivity index (χ0n) is 28.3. The molecule has 2 aromatic heterocycles. The Morgan fingerprint density at radius 2 is 2.04 bits per heavy atom. The second kappa shape index (κ2) is 12.3. The number of nitrogens with one attached hydrogen (secondary N) is 3. The second-order valence-electron chi connectivity index (χ2n) is 14.6. The molecule has 50 heavy (non-hydrogen) atoms. The van der Waals surface area contributed by atoms with E-state index in [1.807, 2.05) is 24.6 Å². The fourth-order valence-corrected chi connectivity index (χ4v) is 8.76. The lowest BCUT2D eigenvalue weighted by atomic mass is 9.44. The van der Waals surface area contributed by atoms with Gasteiger partial charge in [0, 0.05) is 36.8 Å². The number of carboxylic acids is 1. The highest BCUT2D eigenvalue weighted by Crippen LogP contribution is 2.65. The van der Waals surface area contributed by atoms with Gasteiger partial charge in [-0.25, -0.2) is 19.6 Å². The number of aliphatic carboxylic acids is 1. The third kappa shape index (κ3) is 5.46. The molecule has 5 unspecified atom stereocenters. The van der Waals surface area contributed by atoms with Gasteiger partial charge in [0.05, 0.1) is 48.3 Å². The van der Waals surface area contributed by atoms with Crippen molar-refractivity contribution in [3.63, 3.8) is 0 Å². The molecule has 0 radical (unpaired) electrons. The first kappa shape index (κ1) is 33.8. The molecule has 1 saturated heterocycles. The van der Waals surface area contributed by atoms with Crippen molar-refractivity contribution in [1.82, 2.24) is 24.8 Å². The van der Waals surface area contributed by atoms with Crippen LogP contribution in [0.1, 0.15) is 45.6 Å². The Labute approximate surface area is 288 Å². The maximum absolute atomic E-state index is 13.2. The van der Waals surface area contributed by atoms with E-state index >= 15 is 0 Å². The van der Waals surface area contributed by atoms with Crippen molar-refractivity contribution in [2.45, 2.75) is 63.8 Å². The van der Waals surface area contributed by atoms with Crippen molar-refractivity contribution in [3.05, 3.63) is 72.0 Å². The van der Waals surface area contributed by atoms with E-state index in [0.717, 1.165) is 5.52 Å². The molecule has 4 aliphatic rings. The van der Waals surface area contributed by atoms with Crippen LogP contribution in [0.4, 0.5) is 5.95 Å². The molecule has 3 aromatic rings. The summed E-state index contributed by atoms with van der Waals surface area (Å²) in [5.41, 5.74) is -0.224. The number of hydrogen-bond acceptors (Lipinski definition) is 10. The minimum atomic E-state index is -1.25. The van der Waals surface area contributed by atoms with E-state index in [1.165, 1.54) is 6.08 Å². The number of allylic oxidation sites excluding steroid dienone is 1. The SMILES string of the molecule is CC(NC1CC2[C@](C)(CC[C@@H](O)[C@@]2(C)CO)C(/C=C/C2=CC(=C(/C(=O)O)c3ccc4c(c3)ncn4C)/OC2=O)C12CO2)C(=O)Nc1ncc[nH]1. The van der Waals surface area contributed by atoms with Crippen molar-refractivity contribution in [3.8, 4) is 0 Å². The first-order valence-electron chi connectivity index (χ1n) is 16.8. The lowest BCUT2D eigenvalue weighted by Crippen LogP contribution is -2.67. The number of benzene rings is 1. The Morgan fingerprint density at radius 1 is 1.26 bits per heavy atom. The summed E-state index contributed by atoms with van der Waals surface area (Å²) in [4.78, 5) is 50.1. The predicted octanol–water partition coefficient (Wildman–Crippen LogP) is 2.68. The van der Waals surface area contributed by atoms with Crippen molar-refractivity contribution in [2.24, 2.45) is 29.7 Å². The average Bonchev–Trinajstić information content (AvgIpc) is 3.34. The van der Waals surface area contributed by atoms with E-state index in [0.29, 0.717) is 42.9 Å². The Balaban J connectivity index is 1.23. The number of H-pyrrole nitrogens is 1. The van der Waals surface area contributed by atoms with Crippen LogP contribution in [0.25, 0.3) is 16.6 Å². The number of carbonyl (C=O) groups is 3. The number of anilines is 1. The normalized spacial score (nSPS) is 33.6.